The SMILES string of the molecule is COC(=O)[C@H](Cc1ccc(OCCN(Cc2ccccc2)C(=O)C=Cc2cccnc2)cc1)Nc1ccccc1C(=O)c1ccccc1. The van der Waals surface area contributed by atoms with E-state index in [9.17, 15) is 14.4 Å². The predicted octanol–water partition coefficient (Wildman–Crippen LogP) is 6.63. The van der Waals surface area contributed by atoms with Crippen LogP contribution in [0.15, 0.2) is 140 Å². The molecule has 0 fully saturated rings. The number of amides is 1. The number of hydrogen-bond donors (Lipinski definition) is 1. The Morgan fingerprint density at radius 3 is 2.23 bits per heavy atom. The minimum Gasteiger partial charge on any atom is -0.492 e. The van der Waals surface area contributed by atoms with E-state index in [0.717, 1.165) is 16.7 Å². The Labute approximate surface area is 280 Å². The third-order valence-electron chi connectivity index (χ3n) is 7.65. The molecular formula is C40H37N3O5. The molecule has 48 heavy (non-hydrogen) atoms. The van der Waals surface area contributed by atoms with Crippen molar-refractivity contribution >= 4 is 29.4 Å². The summed E-state index contributed by atoms with van der Waals surface area (Å²) in [5, 5.41) is 3.24. The molecule has 8 nitrogen and oxygen atoms in total. The highest BCUT2D eigenvalue weighted by atomic mass is 16.5. The monoisotopic (exact) mass is 639 g/mol. The number of aromatic nitrogens is 1. The first-order valence-corrected chi connectivity index (χ1v) is 15.7. The lowest BCUT2D eigenvalue weighted by molar-refractivity contribution is -0.141. The van der Waals surface area contributed by atoms with Gasteiger partial charge in [0.1, 0.15) is 18.4 Å². The van der Waals surface area contributed by atoms with Gasteiger partial charge in [0.2, 0.25) is 5.91 Å². The summed E-state index contributed by atoms with van der Waals surface area (Å²) in [5.74, 6) is -0.0800. The number of esters is 1. The van der Waals surface area contributed by atoms with E-state index in [1.807, 2.05) is 91.0 Å². The minimum absolute atomic E-state index is 0.130. The summed E-state index contributed by atoms with van der Waals surface area (Å²) in [4.78, 5) is 45.0. The van der Waals surface area contributed by atoms with Gasteiger partial charge in [0.05, 0.1) is 13.7 Å². The number of nitrogens with one attached hydrogen (secondary N) is 1. The zero-order valence-electron chi connectivity index (χ0n) is 26.7. The lowest BCUT2D eigenvalue weighted by Crippen LogP contribution is -2.33. The lowest BCUT2D eigenvalue weighted by atomic mass is 10.00. The Hall–Kier alpha value is -6.02. The quantitative estimate of drug-likeness (QED) is 0.0780. The Bertz CT molecular complexity index is 1810. The van der Waals surface area contributed by atoms with Crippen molar-refractivity contribution in [3.63, 3.8) is 0 Å². The summed E-state index contributed by atoms with van der Waals surface area (Å²) in [6.07, 6.45) is 7.02. The van der Waals surface area contributed by atoms with Gasteiger partial charge in [0.15, 0.2) is 5.78 Å². The second-order valence-corrected chi connectivity index (χ2v) is 11.0. The third kappa shape index (κ3) is 9.50. The van der Waals surface area contributed by atoms with Crippen molar-refractivity contribution in [2.75, 3.05) is 25.6 Å². The smallest absolute Gasteiger partial charge is 0.328 e. The van der Waals surface area contributed by atoms with Crippen LogP contribution in [0.3, 0.4) is 0 Å². The second-order valence-electron chi connectivity index (χ2n) is 11.0. The molecule has 0 aliphatic heterocycles. The van der Waals surface area contributed by atoms with Crippen molar-refractivity contribution in [1.29, 1.82) is 0 Å². The van der Waals surface area contributed by atoms with E-state index < -0.39 is 12.0 Å². The van der Waals surface area contributed by atoms with E-state index in [0.29, 0.717) is 42.1 Å². The highest BCUT2D eigenvalue weighted by molar-refractivity contribution is 6.12. The molecule has 1 aromatic heterocycles. The number of para-hydroxylation sites is 1. The van der Waals surface area contributed by atoms with Crippen molar-refractivity contribution in [3.05, 3.63) is 168 Å². The highest BCUT2D eigenvalue weighted by Gasteiger charge is 2.23. The second kappa shape index (κ2) is 17.1. The maximum absolute atomic E-state index is 13.2. The zero-order valence-corrected chi connectivity index (χ0v) is 26.7. The minimum atomic E-state index is -0.733. The van der Waals surface area contributed by atoms with Crippen molar-refractivity contribution in [3.8, 4) is 5.75 Å². The van der Waals surface area contributed by atoms with Gasteiger partial charge in [-0.3, -0.25) is 14.6 Å². The Balaban J connectivity index is 1.21. The average molecular weight is 640 g/mol. The molecule has 1 atom stereocenters. The van der Waals surface area contributed by atoms with Crippen molar-refractivity contribution in [1.82, 2.24) is 9.88 Å². The first-order chi connectivity index (χ1) is 23.5. The van der Waals surface area contributed by atoms with Crippen molar-refractivity contribution in [2.24, 2.45) is 0 Å². The number of ether oxygens (including phenoxy) is 2. The lowest BCUT2D eigenvalue weighted by Gasteiger charge is -2.22. The molecule has 4 aromatic carbocycles. The normalized spacial score (nSPS) is 11.4. The number of hydrogen-bond acceptors (Lipinski definition) is 7. The van der Waals surface area contributed by atoms with E-state index in [1.165, 1.54) is 7.11 Å². The van der Waals surface area contributed by atoms with Crippen LogP contribution in [0.1, 0.15) is 32.6 Å². The number of anilines is 1. The molecule has 5 aromatic rings. The first-order valence-electron chi connectivity index (χ1n) is 15.7. The van der Waals surface area contributed by atoms with Gasteiger partial charge in [-0.15, -0.1) is 0 Å². The summed E-state index contributed by atoms with van der Waals surface area (Å²) in [6, 6.07) is 36.4. The van der Waals surface area contributed by atoms with E-state index in [-0.39, 0.29) is 18.3 Å². The van der Waals surface area contributed by atoms with Gasteiger partial charge in [-0.05, 0) is 53.1 Å². The van der Waals surface area contributed by atoms with Crippen LogP contribution in [0.5, 0.6) is 5.75 Å². The number of nitrogens with zero attached hydrogens (tertiary/aromatic N) is 2. The third-order valence-corrected chi connectivity index (χ3v) is 7.65. The molecule has 0 saturated carbocycles. The fourth-order valence-electron chi connectivity index (χ4n) is 5.12. The molecule has 0 bridgehead atoms. The van der Waals surface area contributed by atoms with Crippen LogP contribution in [-0.2, 0) is 27.3 Å². The van der Waals surface area contributed by atoms with Gasteiger partial charge in [-0.2, -0.15) is 0 Å². The summed E-state index contributed by atoms with van der Waals surface area (Å²) >= 11 is 0. The van der Waals surface area contributed by atoms with Crippen LogP contribution in [0.4, 0.5) is 5.69 Å². The van der Waals surface area contributed by atoms with Crippen molar-refractivity contribution < 1.29 is 23.9 Å². The molecule has 0 saturated heterocycles. The van der Waals surface area contributed by atoms with E-state index in [4.69, 9.17) is 9.47 Å². The van der Waals surface area contributed by atoms with Crippen LogP contribution in [0, 0.1) is 0 Å². The number of carbonyl (C=O) groups excluding carboxylic acids is 3. The number of carbonyl (C=O) groups is 3. The molecule has 1 heterocycles. The fourth-order valence-corrected chi connectivity index (χ4v) is 5.12. The van der Waals surface area contributed by atoms with Gasteiger partial charge in [0, 0.05) is 48.2 Å². The molecular weight excluding hydrogens is 602 g/mol. The average Bonchev–Trinajstić information content (AvgIpc) is 3.14. The summed E-state index contributed by atoms with van der Waals surface area (Å²) in [6.45, 7) is 1.11. The molecule has 1 amide bonds. The Morgan fingerprint density at radius 2 is 1.52 bits per heavy atom. The highest BCUT2D eigenvalue weighted by Crippen LogP contribution is 2.22. The van der Waals surface area contributed by atoms with Crippen LogP contribution in [0.2, 0.25) is 0 Å². The van der Waals surface area contributed by atoms with Gasteiger partial charge >= 0.3 is 5.97 Å². The number of methoxy groups -OCH3 is 1. The van der Waals surface area contributed by atoms with Crippen LogP contribution in [0.25, 0.3) is 6.08 Å². The summed E-state index contributed by atoms with van der Waals surface area (Å²) < 4.78 is 11.1. The molecule has 8 heteroatoms. The van der Waals surface area contributed by atoms with Gasteiger partial charge in [0.25, 0.3) is 0 Å². The maximum Gasteiger partial charge on any atom is 0.328 e. The predicted molar refractivity (Wildman–Crippen MR) is 187 cm³/mol. The molecule has 1 N–H and O–H groups in total. The zero-order chi connectivity index (χ0) is 33.6. The standard InChI is InChI=1S/C40H37N3O5/c1-47-40(46)37(42-36-17-9-8-16-35(36)39(45)33-14-6-3-7-15-33)27-30-18-21-34(22-19-30)48-26-25-43(29-32-11-4-2-5-12-32)38(44)23-20-31-13-10-24-41-28-31/h2-24,28,37,42H,25-27,29H2,1H3/t37-/m0/s1. The van der Waals surface area contributed by atoms with Crippen LogP contribution < -0.4 is 10.1 Å². The molecule has 0 aliphatic carbocycles. The topological polar surface area (TPSA) is 97.8 Å². The molecule has 0 aliphatic rings. The van der Waals surface area contributed by atoms with Gasteiger partial charge in [-0.25, -0.2) is 4.79 Å². The largest absolute Gasteiger partial charge is 0.492 e. The van der Waals surface area contributed by atoms with E-state index in [2.05, 4.69) is 10.3 Å². The number of ketones is 1. The Morgan fingerprint density at radius 1 is 0.812 bits per heavy atom. The summed E-state index contributed by atoms with van der Waals surface area (Å²) in [7, 11) is 1.34. The molecule has 242 valence electrons. The number of benzene rings is 4. The van der Waals surface area contributed by atoms with Crippen LogP contribution in [-0.4, -0.2) is 53.8 Å². The number of pyridine rings is 1. The van der Waals surface area contributed by atoms with Gasteiger partial charge in [-0.1, -0.05) is 91.0 Å². The molecule has 0 unspecified atom stereocenters. The van der Waals surface area contributed by atoms with Crippen molar-refractivity contribution in [2.45, 2.75) is 19.0 Å². The maximum atomic E-state index is 13.2. The molecule has 5 rings (SSSR count). The number of rotatable bonds is 15. The Kier molecular flexibility index (Phi) is 11.8. The molecule has 0 spiro atoms. The van der Waals surface area contributed by atoms with Gasteiger partial charge < -0.3 is 19.7 Å². The molecule has 0 radical (unpaired) electrons. The van der Waals surface area contributed by atoms with Crippen LogP contribution >= 0.6 is 0 Å². The first kappa shape index (κ1) is 33.3. The summed E-state index contributed by atoms with van der Waals surface area (Å²) in [5.41, 5.74) is 4.31. The van der Waals surface area contributed by atoms with E-state index in [1.54, 1.807) is 59.8 Å². The fraction of sp³-hybridized carbons (Fsp3) is 0.150. The van der Waals surface area contributed by atoms with E-state index >= 15 is 0 Å².